The van der Waals surface area contributed by atoms with Crippen LogP contribution in [0.15, 0.2) is 53.6 Å². The summed E-state index contributed by atoms with van der Waals surface area (Å²) in [5.41, 5.74) is -0.533. The third kappa shape index (κ3) is 4.60. The normalized spacial score (nSPS) is 14.4. The minimum absolute atomic E-state index is 0.00246. The Hall–Kier alpha value is -3.67. The number of hydrogen-bond donors (Lipinski definition) is 0. The quantitative estimate of drug-likeness (QED) is 0.416. The van der Waals surface area contributed by atoms with Gasteiger partial charge in [0.25, 0.3) is 11.2 Å². The summed E-state index contributed by atoms with van der Waals surface area (Å²) in [4.78, 5) is 30.8. The first-order valence-corrected chi connectivity index (χ1v) is 10.1. The average molecular weight is 481 g/mol. The third-order valence-corrected chi connectivity index (χ3v) is 5.57. The molecule has 1 fully saturated rings. The van der Waals surface area contributed by atoms with Crippen molar-refractivity contribution in [2.24, 2.45) is 0 Å². The second-order valence-corrected chi connectivity index (χ2v) is 7.59. The van der Waals surface area contributed by atoms with Crippen LogP contribution >= 0.6 is 11.6 Å². The molecule has 13 heteroatoms. The SMILES string of the molecule is O=c1c(Cl)c(N2CCN(c3cccc([N+](=O)[O-])c3)CC2)cnn1-c1ccc(C(F)(F)F)cn1. The molecule has 3 heterocycles. The number of pyridine rings is 1. The number of non-ortho nitro benzene ring substituents is 1. The number of piperazine rings is 1. The Labute approximate surface area is 189 Å². The van der Waals surface area contributed by atoms with Crippen LogP contribution in [0.3, 0.4) is 0 Å². The Morgan fingerprint density at radius 1 is 1.03 bits per heavy atom. The summed E-state index contributed by atoms with van der Waals surface area (Å²) in [5.74, 6) is -0.0862. The molecule has 0 aliphatic carbocycles. The van der Waals surface area contributed by atoms with Crippen molar-refractivity contribution < 1.29 is 18.1 Å². The van der Waals surface area contributed by atoms with Gasteiger partial charge in [0.05, 0.1) is 22.4 Å². The highest BCUT2D eigenvalue weighted by atomic mass is 35.5. The van der Waals surface area contributed by atoms with Gasteiger partial charge in [-0.3, -0.25) is 14.9 Å². The Balaban J connectivity index is 1.51. The predicted molar refractivity (Wildman–Crippen MR) is 115 cm³/mol. The fourth-order valence-electron chi connectivity index (χ4n) is 3.50. The molecule has 33 heavy (non-hydrogen) atoms. The van der Waals surface area contributed by atoms with E-state index in [4.69, 9.17) is 11.6 Å². The maximum atomic E-state index is 12.7. The van der Waals surface area contributed by atoms with E-state index in [1.807, 2.05) is 9.80 Å². The molecule has 3 aromatic rings. The molecule has 0 bridgehead atoms. The molecule has 4 rings (SSSR count). The van der Waals surface area contributed by atoms with Gasteiger partial charge in [-0.15, -0.1) is 0 Å². The van der Waals surface area contributed by atoms with Gasteiger partial charge in [-0.2, -0.15) is 23.0 Å². The molecule has 0 radical (unpaired) electrons. The van der Waals surface area contributed by atoms with Crippen LogP contribution in [0.25, 0.3) is 5.82 Å². The molecule has 1 saturated heterocycles. The number of hydrogen-bond acceptors (Lipinski definition) is 7. The zero-order valence-electron chi connectivity index (χ0n) is 16.9. The van der Waals surface area contributed by atoms with E-state index in [-0.39, 0.29) is 16.5 Å². The van der Waals surface area contributed by atoms with E-state index >= 15 is 0 Å². The van der Waals surface area contributed by atoms with Gasteiger partial charge in [-0.25, -0.2) is 4.98 Å². The number of alkyl halides is 3. The Morgan fingerprint density at radius 2 is 1.73 bits per heavy atom. The predicted octanol–water partition coefficient (Wildman–Crippen LogP) is 3.53. The van der Waals surface area contributed by atoms with Crippen molar-refractivity contribution in [3.63, 3.8) is 0 Å². The van der Waals surface area contributed by atoms with E-state index in [1.54, 1.807) is 12.1 Å². The van der Waals surface area contributed by atoms with Gasteiger partial charge in [0, 0.05) is 50.2 Å². The van der Waals surface area contributed by atoms with Crippen molar-refractivity contribution in [1.82, 2.24) is 14.8 Å². The lowest BCUT2D eigenvalue weighted by molar-refractivity contribution is -0.384. The first-order valence-electron chi connectivity index (χ1n) is 9.71. The standard InChI is InChI=1S/C20H16ClF3N6O3/c21-18-16(12-26-29(19(18)31)17-5-4-13(11-25-17)20(22,23)24)28-8-6-27(7-9-28)14-2-1-3-15(10-14)30(32)33/h1-5,10-12H,6-9H2. The lowest BCUT2D eigenvalue weighted by Gasteiger charge is -2.37. The Morgan fingerprint density at radius 3 is 2.33 bits per heavy atom. The van der Waals surface area contributed by atoms with Crippen LogP contribution in [0.4, 0.5) is 30.2 Å². The van der Waals surface area contributed by atoms with Crippen LogP contribution in [0.5, 0.6) is 0 Å². The van der Waals surface area contributed by atoms with Crippen molar-refractivity contribution in [3.8, 4) is 5.82 Å². The lowest BCUT2D eigenvalue weighted by Crippen LogP contribution is -2.47. The number of rotatable bonds is 4. The maximum absolute atomic E-state index is 12.7. The molecule has 0 amide bonds. The first-order chi connectivity index (χ1) is 15.6. The summed E-state index contributed by atoms with van der Waals surface area (Å²) in [7, 11) is 0. The maximum Gasteiger partial charge on any atom is 0.417 e. The van der Waals surface area contributed by atoms with Crippen molar-refractivity contribution in [2.75, 3.05) is 36.0 Å². The van der Waals surface area contributed by atoms with E-state index in [0.29, 0.717) is 38.1 Å². The second kappa shape index (κ2) is 8.70. The highest BCUT2D eigenvalue weighted by Gasteiger charge is 2.31. The van der Waals surface area contributed by atoms with Gasteiger partial charge >= 0.3 is 6.18 Å². The number of nitrogens with zero attached hydrogens (tertiary/aromatic N) is 6. The van der Waals surface area contributed by atoms with E-state index in [0.717, 1.165) is 22.5 Å². The molecular formula is C20H16ClF3N6O3. The summed E-state index contributed by atoms with van der Waals surface area (Å²) in [6, 6.07) is 8.19. The van der Waals surface area contributed by atoms with E-state index < -0.39 is 22.2 Å². The summed E-state index contributed by atoms with van der Waals surface area (Å²) in [6.07, 6.45) is -2.55. The first kappa shape index (κ1) is 22.5. The number of benzene rings is 1. The van der Waals surface area contributed by atoms with Crippen LogP contribution in [-0.4, -0.2) is 45.9 Å². The number of aromatic nitrogens is 3. The molecule has 0 atom stereocenters. The second-order valence-electron chi connectivity index (χ2n) is 7.21. The smallest absolute Gasteiger partial charge is 0.368 e. The summed E-state index contributed by atoms with van der Waals surface area (Å²) >= 11 is 6.28. The van der Waals surface area contributed by atoms with Gasteiger partial charge in [-0.05, 0) is 18.2 Å². The van der Waals surface area contributed by atoms with E-state index in [9.17, 15) is 28.1 Å². The summed E-state index contributed by atoms with van der Waals surface area (Å²) in [5, 5.41) is 14.9. The lowest BCUT2D eigenvalue weighted by atomic mass is 10.2. The van der Waals surface area contributed by atoms with Gasteiger partial charge in [0.15, 0.2) is 5.82 Å². The van der Waals surface area contributed by atoms with E-state index in [1.165, 1.54) is 18.3 Å². The molecule has 1 aliphatic heterocycles. The van der Waals surface area contributed by atoms with Gasteiger partial charge in [0.1, 0.15) is 5.02 Å². The third-order valence-electron chi connectivity index (χ3n) is 5.22. The van der Waals surface area contributed by atoms with Crippen molar-refractivity contribution in [1.29, 1.82) is 0 Å². The zero-order chi connectivity index (χ0) is 23.8. The van der Waals surface area contributed by atoms with Crippen LogP contribution in [0.2, 0.25) is 5.02 Å². The number of anilines is 2. The summed E-state index contributed by atoms with van der Waals surface area (Å²) < 4.78 is 39.0. The topological polar surface area (TPSA) is 97.4 Å². The van der Waals surface area contributed by atoms with Crippen LogP contribution in [0, 0.1) is 10.1 Å². The monoisotopic (exact) mass is 480 g/mol. The number of nitro groups is 1. The average Bonchev–Trinajstić information content (AvgIpc) is 2.80. The van der Waals surface area contributed by atoms with Gasteiger partial charge < -0.3 is 9.80 Å². The molecule has 1 aliphatic rings. The van der Waals surface area contributed by atoms with Crippen LogP contribution in [0.1, 0.15) is 5.56 Å². The van der Waals surface area contributed by atoms with Crippen LogP contribution in [-0.2, 0) is 6.18 Å². The molecular weight excluding hydrogens is 465 g/mol. The minimum Gasteiger partial charge on any atom is -0.368 e. The Kier molecular flexibility index (Phi) is 5.93. The highest BCUT2D eigenvalue weighted by molar-refractivity contribution is 6.33. The molecule has 1 aromatic carbocycles. The molecule has 0 N–H and O–H groups in total. The number of halogens is 4. The van der Waals surface area contributed by atoms with Gasteiger partial charge in [-0.1, -0.05) is 17.7 Å². The Bertz CT molecular complexity index is 1240. The zero-order valence-corrected chi connectivity index (χ0v) is 17.6. The van der Waals surface area contributed by atoms with Crippen molar-refractivity contribution >= 4 is 28.7 Å². The van der Waals surface area contributed by atoms with E-state index in [2.05, 4.69) is 10.1 Å². The van der Waals surface area contributed by atoms with Crippen molar-refractivity contribution in [3.05, 3.63) is 79.8 Å². The molecule has 2 aromatic heterocycles. The fraction of sp³-hybridized carbons (Fsp3) is 0.250. The largest absolute Gasteiger partial charge is 0.417 e. The molecule has 9 nitrogen and oxygen atoms in total. The van der Waals surface area contributed by atoms with Gasteiger partial charge in [0.2, 0.25) is 0 Å². The molecule has 0 unspecified atom stereocenters. The molecule has 172 valence electrons. The summed E-state index contributed by atoms with van der Waals surface area (Å²) in [6.45, 7) is 2.01. The van der Waals surface area contributed by atoms with Crippen LogP contribution < -0.4 is 15.4 Å². The molecule has 0 spiro atoms. The highest BCUT2D eigenvalue weighted by Crippen LogP contribution is 2.29. The minimum atomic E-state index is -4.54. The fourth-order valence-corrected chi connectivity index (χ4v) is 3.74. The number of nitro benzene ring substituents is 1. The van der Waals surface area contributed by atoms with Crippen molar-refractivity contribution in [2.45, 2.75) is 6.18 Å². The molecule has 0 saturated carbocycles.